The fourth-order valence-electron chi connectivity index (χ4n) is 1.77. The zero-order valence-electron chi connectivity index (χ0n) is 12.0. The molecule has 2 N–H and O–H groups in total. The van der Waals surface area contributed by atoms with Gasteiger partial charge in [0.05, 0.1) is 4.90 Å². The molecule has 21 heavy (non-hydrogen) atoms. The molecular weight excluding hydrogens is 328 g/mol. The maximum Gasteiger partial charge on any atom is 0.242 e. The van der Waals surface area contributed by atoms with Crippen molar-refractivity contribution >= 4 is 33.4 Å². The number of sulfonamides is 1. The molecule has 0 spiro atoms. The van der Waals surface area contributed by atoms with Gasteiger partial charge in [0.1, 0.15) is 5.50 Å². The second kappa shape index (κ2) is 7.83. The van der Waals surface area contributed by atoms with E-state index in [1.807, 2.05) is 0 Å². The van der Waals surface area contributed by atoms with Gasteiger partial charge in [-0.25, -0.2) is 8.42 Å². The first-order valence-electron chi connectivity index (χ1n) is 7.14. The summed E-state index contributed by atoms with van der Waals surface area (Å²) in [5.41, 5.74) is -0.297. The van der Waals surface area contributed by atoms with Gasteiger partial charge < -0.3 is 0 Å². The molecule has 1 fully saturated rings. The minimum absolute atomic E-state index is 0.199. The molecule has 4 nitrogen and oxygen atoms in total. The first-order valence-corrected chi connectivity index (χ1v) is 10.0. The lowest BCUT2D eigenvalue weighted by Gasteiger charge is -2.19. The lowest BCUT2D eigenvalue weighted by atomic mass is 10.4. The van der Waals surface area contributed by atoms with Crippen LogP contribution in [0.4, 0.5) is 0 Å². The van der Waals surface area contributed by atoms with Crippen molar-refractivity contribution in [2.24, 2.45) is 5.92 Å². The Bertz CT molecular complexity index is 562. The van der Waals surface area contributed by atoms with Crippen LogP contribution in [0.1, 0.15) is 26.2 Å². The molecule has 1 aromatic carbocycles. The Kier molecular flexibility index (Phi) is 6.37. The van der Waals surface area contributed by atoms with Crippen molar-refractivity contribution in [2.75, 3.05) is 12.3 Å². The molecule has 0 saturated heterocycles. The highest BCUT2D eigenvalue weighted by Crippen LogP contribution is 2.33. The van der Waals surface area contributed by atoms with Crippen molar-refractivity contribution in [1.82, 2.24) is 10.0 Å². The van der Waals surface area contributed by atoms with E-state index in [0.717, 1.165) is 24.6 Å². The van der Waals surface area contributed by atoms with E-state index in [9.17, 15) is 8.42 Å². The van der Waals surface area contributed by atoms with Crippen LogP contribution in [-0.2, 0) is 10.0 Å². The van der Waals surface area contributed by atoms with Gasteiger partial charge in [0, 0.05) is 5.02 Å². The van der Waals surface area contributed by atoms with Crippen LogP contribution in [0.15, 0.2) is 29.2 Å². The fraction of sp³-hybridized carbons (Fsp3) is 0.571. The van der Waals surface area contributed by atoms with Gasteiger partial charge in [-0.15, -0.1) is 11.8 Å². The number of hydrogen-bond acceptors (Lipinski definition) is 4. The average molecular weight is 349 g/mol. The SMILES string of the molecule is CCCNC(NS(=O)(=O)c1cccc(Cl)c1)SCC1CC1. The molecule has 118 valence electrons. The van der Waals surface area contributed by atoms with Crippen LogP contribution in [0.5, 0.6) is 0 Å². The maximum absolute atomic E-state index is 12.4. The van der Waals surface area contributed by atoms with E-state index in [2.05, 4.69) is 17.0 Å². The van der Waals surface area contributed by atoms with Crippen LogP contribution in [0.3, 0.4) is 0 Å². The van der Waals surface area contributed by atoms with E-state index in [-0.39, 0.29) is 10.4 Å². The first kappa shape index (κ1) is 17.1. The molecule has 1 saturated carbocycles. The van der Waals surface area contributed by atoms with Gasteiger partial charge in [0.25, 0.3) is 0 Å². The van der Waals surface area contributed by atoms with Crippen molar-refractivity contribution in [3.8, 4) is 0 Å². The van der Waals surface area contributed by atoms with Crippen LogP contribution in [0, 0.1) is 5.92 Å². The number of halogens is 1. The predicted octanol–water partition coefficient (Wildman–Crippen LogP) is 3.04. The van der Waals surface area contributed by atoms with Crippen molar-refractivity contribution in [2.45, 2.75) is 36.6 Å². The highest BCUT2D eigenvalue weighted by atomic mass is 35.5. The van der Waals surface area contributed by atoms with Crippen molar-refractivity contribution in [3.63, 3.8) is 0 Å². The number of rotatable bonds is 9. The minimum Gasteiger partial charge on any atom is -0.293 e. The number of thioether (sulfide) groups is 1. The third kappa shape index (κ3) is 5.79. The van der Waals surface area contributed by atoms with E-state index in [1.165, 1.54) is 18.9 Å². The number of nitrogens with one attached hydrogen (secondary N) is 2. The summed E-state index contributed by atoms with van der Waals surface area (Å²) < 4.78 is 27.5. The highest BCUT2D eigenvalue weighted by Gasteiger charge is 2.25. The average Bonchev–Trinajstić information content (AvgIpc) is 3.26. The molecule has 1 unspecified atom stereocenters. The first-order chi connectivity index (χ1) is 10.0. The smallest absolute Gasteiger partial charge is 0.242 e. The van der Waals surface area contributed by atoms with E-state index >= 15 is 0 Å². The molecule has 2 rings (SSSR count). The van der Waals surface area contributed by atoms with E-state index in [4.69, 9.17) is 11.6 Å². The van der Waals surface area contributed by atoms with Crippen molar-refractivity contribution < 1.29 is 8.42 Å². The van der Waals surface area contributed by atoms with Gasteiger partial charge >= 0.3 is 0 Å². The van der Waals surface area contributed by atoms with Crippen LogP contribution < -0.4 is 10.0 Å². The maximum atomic E-state index is 12.4. The van der Waals surface area contributed by atoms with Gasteiger partial charge in [0.2, 0.25) is 10.0 Å². The molecular formula is C14H21ClN2O2S2. The fourth-order valence-corrected chi connectivity index (χ4v) is 4.75. The Morgan fingerprint density at radius 2 is 2.19 bits per heavy atom. The van der Waals surface area contributed by atoms with E-state index in [0.29, 0.717) is 5.02 Å². The van der Waals surface area contributed by atoms with E-state index in [1.54, 1.807) is 30.0 Å². The van der Waals surface area contributed by atoms with Gasteiger partial charge in [0.15, 0.2) is 0 Å². The normalized spacial score (nSPS) is 16.9. The Labute approximate surface area is 136 Å². The molecule has 1 atom stereocenters. The summed E-state index contributed by atoms with van der Waals surface area (Å²) in [5.74, 6) is 1.73. The molecule has 0 bridgehead atoms. The van der Waals surface area contributed by atoms with Crippen LogP contribution in [0.25, 0.3) is 0 Å². The quantitative estimate of drug-likeness (QED) is 0.673. The lowest BCUT2D eigenvalue weighted by molar-refractivity contribution is 0.556. The van der Waals surface area contributed by atoms with Crippen LogP contribution >= 0.6 is 23.4 Å². The molecule has 0 aromatic heterocycles. The van der Waals surface area contributed by atoms with Gasteiger partial charge in [-0.2, -0.15) is 4.72 Å². The Hall–Kier alpha value is -0.270. The van der Waals surface area contributed by atoms with Gasteiger partial charge in [-0.1, -0.05) is 24.6 Å². The summed E-state index contributed by atoms with van der Waals surface area (Å²) in [5, 5.41) is 3.65. The molecule has 1 aromatic rings. The van der Waals surface area contributed by atoms with Crippen LogP contribution in [0.2, 0.25) is 5.02 Å². The Morgan fingerprint density at radius 1 is 1.43 bits per heavy atom. The Balaban J connectivity index is 2.01. The molecule has 1 aliphatic rings. The second-order valence-electron chi connectivity index (χ2n) is 5.19. The van der Waals surface area contributed by atoms with Gasteiger partial charge in [-0.3, -0.25) is 5.32 Å². The molecule has 7 heteroatoms. The molecule has 0 amide bonds. The van der Waals surface area contributed by atoms with E-state index < -0.39 is 10.0 Å². The summed E-state index contributed by atoms with van der Waals surface area (Å²) in [6.07, 6.45) is 3.47. The number of benzene rings is 1. The summed E-state index contributed by atoms with van der Waals surface area (Å²) >= 11 is 7.49. The zero-order chi connectivity index (χ0) is 15.3. The largest absolute Gasteiger partial charge is 0.293 e. The molecule has 1 aliphatic carbocycles. The Morgan fingerprint density at radius 3 is 2.81 bits per heavy atom. The van der Waals surface area contributed by atoms with Crippen LogP contribution in [-0.4, -0.2) is 26.2 Å². The molecule has 0 aliphatic heterocycles. The summed E-state index contributed by atoms with van der Waals surface area (Å²) in [4.78, 5) is 0.199. The number of hydrogen-bond donors (Lipinski definition) is 2. The predicted molar refractivity (Wildman–Crippen MR) is 89.0 cm³/mol. The zero-order valence-corrected chi connectivity index (χ0v) is 14.4. The standard InChI is InChI=1S/C14H21ClN2O2S2/c1-2-8-16-14(20-10-11-6-7-11)17-21(18,19)13-5-3-4-12(15)9-13/h3-5,9,11,14,16-17H,2,6-8,10H2,1H3. The van der Waals surface area contributed by atoms with Crippen molar-refractivity contribution in [3.05, 3.63) is 29.3 Å². The summed E-state index contributed by atoms with van der Waals surface area (Å²) in [7, 11) is -3.56. The third-order valence-corrected chi connectivity index (χ3v) is 6.23. The highest BCUT2D eigenvalue weighted by molar-refractivity contribution is 8.00. The molecule has 0 heterocycles. The summed E-state index contributed by atoms with van der Waals surface area (Å²) in [6, 6.07) is 6.32. The summed E-state index contributed by atoms with van der Waals surface area (Å²) in [6.45, 7) is 2.83. The minimum atomic E-state index is -3.56. The van der Waals surface area contributed by atoms with Gasteiger partial charge in [-0.05, 0) is 55.7 Å². The second-order valence-corrected chi connectivity index (χ2v) is 8.48. The lowest BCUT2D eigenvalue weighted by Crippen LogP contribution is -2.43. The monoisotopic (exact) mass is 348 g/mol. The topological polar surface area (TPSA) is 58.2 Å². The molecule has 0 radical (unpaired) electrons. The third-order valence-electron chi connectivity index (χ3n) is 3.14. The van der Waals surface area contributed by atoms with Crippen molar-refractivity contribution in [1.29, 1.82) is 0 Å².